The molecule has 0 saturated heterocycles. The van der Waals surface area contributed by atoms with Crippen LogP contribution in [0.3, 0.4) is 0 Å². The maximum Gasteiger partial charge on any atom is 0.317 e. The van der Waals surface area contributed by atoms with E-state index < -0.39 is 23.9 Å². The van der Waals surface area contributed by atoms with Gasteiger partial charge in [-0.15, -0.1) is 0 Å². The molecule has 1 radical (unpaired) electrons. The van der Waals surface area contributed by atoms with Crippen LogP contribution in [0.2, 0.25) is 0 Å². The number of hydrogen-bond acceptors (Lipinski definition) is 5. The van der Waals surface area contributed by atoms with Gasteiger partial charge in [0.25, 0.3) is 8.87 Å². The van der Waals surface area contributed by atoms with E-state index in [1.807, 2.05) is 0 Å². The van der Waals surface area contributed by atoms with E-state index in [1.165, 1.54) is 0 Å². The van der Waals surface area contributed by atoms with Crippen molar-refractivity contribution in [3.63, 3.8) is 0 Å². The molecule has 0 saturated carbocycles. The summed E-state index contributed by atoms with van der Waals surface area (Å²) in [7, 11) is -8.86. The zero-order valence-corrected chi connectivity index (χ0v) is 11.6. The summed E-state index contributed by atoms with van der Waals surface area (Å²) in [5.74, 6) is -0.887. The summed E-state index contributed by atoms with van der Waals surface area (Å²) < 4.78 is 46.1. The van der Waals surface area contributed by atoms with E-state index in [1.54, 1.807) is 6.92 Å². The fourth-order valence-electron chi connectivity index (χ4n) is 0.252. The first-order chi connectivity index (χ1) is 4.81. The van der Waals surface area contributed by atoms with Crippen molar-refractivity contribution in [2.75, 3.05) is 12.5 Å². The van der Waals surface area contributed by atoms with Crippen molar-refractivity contribution in [3.8, 4) is 0 Å². The molecule has 0 heterocycles. The Morgan fingerprint density at radius 1 is 1.25 bits per heavy atom. The van der Waals surface area contributed by atoms with E-state index in [-0.39, 0.29) is 58.0 Å². The van der Waals surface area contributed by atoms with Gasteiger partial charge in [0.15, 0.2) is 5.94 Å². The first-order valence-corrected chi connectivity index (χ1v) is 6.36. The van der Waals surface area contributed by atoms with Crippen molar-refractivity contribution in [2.45, 2.75) is 6.92 Å². The van der Waals surface area contributed by atoms with Crippen LogP contribution in [0.5, 0.6) is 0 Å². The van der Waals surface area contributed by atoms with Crippen molar-refractivity contribution < 1.29 is 21.6 Å². The summed E-state index contributed by atoms with van der Waals surface area (Å²) in [6.45, 7) is 1.66. The largest absolute Gasteiger partial charge is 0.365 e. The molecule has 6 nitrogen and oxygen atoms in total. The fraction of sp³-hybridized carbons (Fsp3) is 1.00. The van der Waals surface area contributed by atoms with Gasteiger partial charge in [0.1, 0.15) is 0 Å². The van der Waals surface area contributed by atoms with Crippen LogP contribution in [0.15, 0.2) is 0 Å². The molecule has 0 aliphatic carbocycles. The maximum absolute atomic E-state index is 10.6. The first-order valence-electron chi connectivity index (χ1n) is 2.64. The van der Waals surface area contributed by atoms with Crippen LogP contribution in [-0.2, 0) is 22.7 Å². The number of nitrogens with two attached hydrogens (primary N) is 1. The van der Waals surface area contributed by atoms with Crippen molar-refractivity contribution in [1.29, 1.82) is 0 Å². The van der Waals surface area contributed by atoms with Gasteiger partial charge in [0.05, 0.1) is 0 Å². The van der Waals surface area contributed by atoms with Gasteiger partial charge in [-0.25, -0.2) is 13.6 Å². The normalized spacial score (nSPS) is 12.2. The summed E-state index contributed by atoms with van der Waals surface area (Å²) in [6, 6.07) is 0. The second-order valence-corrected chi connectivity index (χ2v) is 6.92. The SMILES string of the molecule is CCOCS(=O)(=O)S(N)(=O)=O.[K]. The first kappa shape index (κ1) is 15.9. The number of ether oxygens (including phenoxy) is 1. The third-order valence-corrected chi connectivity index (χ3v) is 4.36. The van der Waals surface area contributed by atoms with Crippen LogP contribution >= 0.6 is 0 Å². The zero-order valence-electron chi connectivity index (χ0n) is 6.85. The van der Waals surface area contributed by atoms with Crippen LogP contribution in [0.4, 0.5) is 0 Å². The quantitative estimate of drug-likeness (QED) is 0.463. The molecule has 0 spiro atoms. The molecule has 0 aliphatic rings. The minimum atomic E-state index is -4.53. The van der Waals surface area contributed by atoms with Gasteiger partial charge in [-0.1, -0.05) is 0 Å². The molecule has 0 amide bonds. The Hall–Kier alpha value is 1.46. The molecular weight excluding hydrogens is 233 g/mol. The topological polar surface area (TPSA) is 104 Å². The molecule has 0 bridgehead atoms. The van der Waals surface area contributed by atoms with E-state index in [4.69, 9.17) is 0 Å². The smallest absolute Gasteiger partial charge is 0.317 e. The molecule has 0 unspecified atom stereocenters. The third kappa shape index (κ3) is 5.24. The Labute approximate surface area is 114 Å². The molecule has 2 N–H and O–H groups in total. The standard InChI is InChI=1S/C3H9NO5S2.K/c1-2-9-3-10(5,6)11(4,7)8;/h2-3H2,1H3,(H2,4,7,8);. The van der Waals surface area contributed by atoms with E-state index in [9.17, 15) is 16.8 Å². The average molecular weight is 242 g/mol. The van der Waals surface area contributed by atoms with Gasteiger partial charge in [0.2, 0.25) is 0 Å². The van der Waals surface area contributed by atoms with Crippen LogP contribution in [-0.4, -0.2) is 80.8 Å². The Kier molecular flexibility index (Phi) is 8.00. The molecule has 0 rings (SSSR count). The average Bonchev–Trinajstić information content (AvgIpc) is 1.81. The van der Waals surface area contributed by atoms with Gasteiger partial charge in [0, 0.05) is 58.0 Å². The molecular formula is C3H9KNO5S2. The zero-order chi connectivity index (χ0) is 9.12. The van der Waals surface area contributed by atoms with Gasteiger partial charge >= 0.3 is 9.06 Å². The fourth-order valence-corrected chi connectivity index (χ4v) is 1.36. The van der Waals surface area contributed by atoms with Gasteiger partial charge in [-0.05, 0) is 6.92 Å². The Bertz CT molecular complexity index is 306. The van der Waals surface area contributed by atoms with Crippen molar-refractivity contribution in [2.24, 2.45) is 5.14 Å². The van der Waals surface area contributed by atoms with Gasteiger partial charge < -0.3 is 4.74 Å². The monoisotopic (exact) mass is 242 g/mol. The second kappa shape index (κ2) is 6.04. The van der Waals surface area contributed by atoms with Gasteiger partial charge in [-0.2, -0.15) is 8.42 Å². The van der Waals surface area contributed by atoms with E-state index >= 15 is 0 Å². The minimum absolute atomic E-state index is 0. The molecule has 0 aromatic heterocycles. The predicted octanol–water partition coefficient (Wildman–Crippen LogP) is -1.78. The van der Waals surface area contributed by atoms with E-state index in [2.05, 4.69) is 9.88 Å². The molecule has 69 valence electrons. The third-order valence-electron chi connectivity index (χ3n) is 0.786. The molecule has 12 heavy (non-hydrogen) atoms. The maximum atomic E-state index is 10.6. The predicted molar refractivity (Wildman–Crippen MR) is 44.3 cm³/mol. The molecule has 0 aromatic carbocycles. The molecule has 0 aromatic rings. The summed E-state index contributed by atoms with van der Waals surface area (Å²) >= 11 is 0. The molecule has 9 heteroatoms. The summed E-state index contributed by atoms with van der Waals surface area (Å²) in [5.41, 5.74) is 0. The Morgan fingerprint density at radius 3 is 1.92 bits per heavy atom. The van der Waals surface area contributed by atoms with Gasteiger partial charge in [-0.3, -0.25) is 0 Å². The van der Waals surface area contributed by atoms with E-state index in [0.717, 1.165) is 0 Å². The Balaban J connectivity index is 0. The summed E-state index contributed by atoms with van der Waals surface area (Å²) in [6.07, 6.45) is 0. The molecule has 0 fully saturated rings. The van der Waals surface area contributed by atoms with Crippen LogP contribution in [0.25, 0.3) is 0 Å². The number of rotatable bonds is 4. The van der Waals surface area contributed by atoms with Crippen LogP contribution in [0, 0.1) is 0 Å². The molecule has 0 atom stereocenters. The Morgan fingerprint density at radius 2 is 1.67 bits per heavy atom. The van der Waals surface area contributed by atoms with Crippen molar-refractivity contribution in [1.82, 2.24) is 0 Å². The number of hydrogen-bond donors (Lipinski definition) is 1. The van der Waals surface area contributed by atoms with Crippen molar-refractivity contribution >= 4 is 69.3 Å². The van der Waals surface area contributed by atoms with Crippen molar-refractivity contribution in [3.05, 3.63) is 0 Å². The second-order valence-electron chi connectivity index (χ2n) is 1.66. The van der Waals surface area contributed by atoms with Crippen LogP contribution < -0.4 is 5.14 Å². The van der Waals surface area contributed by atoms with E-state index in [0.29, 0.717) is 0 Å². The summed E-state index contributed by atoms with van der Waals surface area (Å²) in [4.78, 5) is 0. The molecule has 0 aliphatic heterocycles. The minimum Gasteiger partial charge on any atom is -0.365 e. The van der Waals surface area contributed by atoms with Crippen LogP contribution in [0.1, 0.15) is 6.92 Å². The summed E-state index contributed by atoms with van der Waals surface area (Å²) in [5, 5.41) is 4.36.